The second-order valence-corrected chi connectivity index (χ2v) is 5.68. The van der Waals surface area contributed by atoms with Crippen LogP contribution in [-0.4, -0.2) is 18.8 Å². The molecule has 1 aliphatic heterocycles. The Morgan fingerprint density at radius 2 is 2.17 bits per heavy atom. The third-order valence-corrected chi connectivity index (χ3v) is 4.31. The molecule has 0 saturated carbocycles. The van der Waals surface area contributed by atoms with Gasteiger partial charge in [0.25, 0.3) is 0 Å². The van der Waals surface area contributed by atoms with Gasteiger partial charge in [0.15, 0.2) is 0 Å². The fraction of sp³-hybridized carbons (Fsp3) is 0.625. The summed E-state index contributed by atoms with van der Waals surface area (Å²) in [6, 6.07) is 7.44. The number of fused-ring (bicyclic) bond motifs is 1. The summed E-state index contributed by atoms with van der Waals surface area (Å²) in [7, 11) is 0. The van der Waals surface area contributed by atoms with Crippen molar-refractivity contribution in [3.63, 3.8) is 0 Å². The molecule has 98 valence electrons. The molecule has 0 radical (unpaired) electrons. The van der Waals surface area contributed by atoms with E-state index in [4.69, 9.17) is 4.74 Å². The van der Waals surface area contributed by atoms with Crippen LogP contribution in [0.5, 0.6) is 0 Å². The van der Waals surface area contributed by atoms with E-state index in [2.05, 4.69) is 30.4 Å². The van der Waals surface area contributed by atoms with E-state index in [1.54, 1.807) is 11.1 Å². The van der Waals surface area contributed by atoms with Gasteiger partial charge in [0, 0.05) is 19.2 Å². The van der Waals surface area contributed by atoms with Crippen LogP contribution in [0.15, 0.2) is 18.2 Å². The first kappa shape index (κ1) is 12.2. The molecule has 2 nitrogen and oxygen atoms in total. The van der Waals surface area contributed by atoms with Crippen LogP contribution in [0, 0.1) is 0 Å². The van der Waals surface area contributed by atoms with Gasteiger partial charge in [-0.25, -0.2) is 0 Å². The quantitative estimate of drug-likeness (QED) is 0.880. The molecule has 0 aromatic heterocycles. The molecule has 1 N–H and O–H groups in total. The van der Waals surface area contributed by atoms with Crippen LogP contribution >= 0.6 is 0 Å². The van der Waals surface area contributed by atoms with Crippen molar-refractivity contribution < 1.29 is 4.74 Å². The first-order valence-electron chi connectivity index (χ1n) is 7.28. The summed E-state index contributed by atoms with van der Waals surface area (Å²) >= 11 is 0. The molecule has 2 heteroatoms. The zero-order chi connectivity index (χ0) is 12.4. The van der Waals surface area contributed by atoms with E-state index >= 15 is 0 Å². The van der Waals surface area contributed by atoms with Crippen LogP contribution in [0.25, 0.3) is 0 Å². The topological polar surface area (TPSA) is 21.3 Å². The Hall–Kier alpha value is -0.860. The van der Waals surface area contributed by atoms with Gasteiger partial charge < -0.3 is 10.1 Å². The van der Waals surface area contributed by atoms with E-state index in [0.29, 0.717) is 12.1 Å². The molecule has 0 bridgehead atoms. The summed E-state index contributed by atoms with van der Waals surface area (Å²) in [5.74, 6) is 0. The molecule has 1 aromatic carbocycles. The Kier molecular flexibility index (Phi) is 3.67. The SMILES string of the molecule is CC(NCc1ccc2c(c1)CCC2)C1CCCO1. The highest BCUT2D eigenvalue weighted by Crippen LogP contribution is 2.23. The van der Waals surface area contributed by atoms with Crippen molar-refractivity contribution in [2.75, 3.05) is 6.61 Å². The van der Waals surface area contributed by atoms with Crippen molar-refractivity contribution in [1.29, 1.82) is 0 Å². The van der Waals surface area contributed by atoms with Gasteiger partial charge >= 0.3 is 0 Å². The number of rotatable bonds is 4. The fourth-order valence-electron chi connectivity index (χ4n) is 3.14. The Bertz CT molecular complexity index is 410. The summed E-state index contributed by atoms with van der Waals surface area (Å²) in [6.45, 7) is 4.15. The molecule has 1 heterocycles. The zero-order valence-electron chi connectivity index (χ0n) is 11.2. The molecule has 1 saturated heterocycles. The zero-order valence-corrected chi connectivity index (χ0v) is 11.2. The van der Waals surface area contributed by atoms with Crippen molar-refractivity contribution in [1.82, 2.24) is 5.32 Å². The molecule has 2 atom stereocenters. The predicted molar refractivity (Wildman–Crippen MR) is 73.7 cm³/mol. The molecule has 18 heavy (non-hydrogen) atoms. The number of ether oxygens (including phenoxy) is 1. The highest BCUT2D eigenvalue weighted by Gasteiger charge is 2.21. The Balaban J connectivity index is 1.56. The molecule has 3 rings (SSSR count). The van der Waals surface area contributed by atoms with Crippen LogP contribution < -0.4 is 5.32 Å². The second-order valence-electron chi connectivity index (χ2n) is 5.68. The van der Waals surface area contributed by atoms with Gasteiger partial charge in [0.1, 0.15) is 0 Å². The van der Waals surface area contributed by atoms with Gasteiger partial charge in [-0.3, -0.25) is 0 Å². The minimum atomic E-state index is 0.416. The molecule has 1 fully saturated rings. The average Bonchev–Trinajstić information content (AvgIpc) is 3.05. The van der Waals surface area contributed by atoms with Gasteiger partial charge in [0.2, 0.25) is 0 Å². The molecule has 0 amide bonds. The maximum atomic E-state index is 5.71. The number of hydrogen-bond acceptors (Lipinski definition) is 2. The maximum absolute atomic E-state index is 5.71. The maximum Gasteiger partial charge on any atom is 0.0726 e. The highest BCUT2D eigenvalue weighted by atomic mass is 16.5. The lowest BCUT2D eigenvalue weighted by atomic mass is 10.1. The van der Waals surface area contributed by atoms with Gasteiger partial charge in [-0.1, -0.05) is 18.2 Å². The molecule has 2 unspecified atom stereocenters. The summed E-state index contributed by atoms with van der Waals surface area (Å²) in [5, 5.41) is 3.61. The van der Waals surface area contributed by atoms with Crippen LogP contribution in [0.2, 0.25) is 0 Å². The molecule has 0 spiro atoms. The van der Waals surface area contributed by atoms with Crippen LogP contribution in [0.3, 0.4) is 0 Å². The van der Waals surface area contributed by atoms with Crippen LogP contribution in [0.1, 0.15) is 42.9 Å². The Labute approximate surface area is 110 Å². The fourth-order valence-corrected chi connectivity index (χ4v) is 3.14. The lowest BCUT2D eigenvalue weighted by molar-refractivity contribution is 0.0832. The molecule has 2 aliphatic rings. The van der Waals surface area contributed by atoms with E-state index in [0.717, 1.165) is 13.2 Å². The van der Waals surface area contributed by atoms with E-state index in [9.17, 15) is 0 Å². The molecule has 1 aromatic rings. The van der Waals surface area contributed by atoms with Gasteiger partial charge in [-0.15, -0.1) is 0 Å². The monoisotopic (exact) mass is 245 g/mol. The summed E-state index contributed by atoms with van der Waals surface area (Å²) in [6.07, 6.45) is 6.71. The number of nitrogens with one attached hydrogen (secondary N) is 1. The Morgan fingerprint density at radius 1 is 1.28 bits per heavy atom. The number of aryl methyl sites for hydroxylation is 2. The van der Waals surface area contributed by atoms with Crippen molar-refractivity contribution in [2.24, 2.45) is 0 Å². The molecular weight excluding hydrogens is 222 g/mol. The standard InChI is InChI=1S/C16H23NO/c1-12(16-6-3-9-18-16)17-11-13-7-8-14-4-2-5-15(14)10-13/h7-8,10,12,16-17H,2-6,9,11H2,1H3. The first-order valence-corrected chi connectivity index (χ1v) is 7.28. The highest BCUT2D eigenvalue weighted by molar-refractivity contribution is 5.35. The summed E-state index contributed by atoms with van der Waals surface area (Å²) in [4.78, 5) is 0. The lowest BCUT2D eigenvalue weighted by Gasteiger charge is -2.20. The van der Waals surface area contributed by atoms with Gasteiger partial charge in [-0.2, -0.15) is 0 Å². The lowest BCUT2D eigenvalue weighted by Crippen LogP contribution is -2.36. The average molecular weight is 245 g/mol. The third kappa shape index (κ3) is 2.60. The van der Waals surface area contributed by atoms with E-state index in [-0.39, 0.29) is 0 Å². The molecular formula is C16H23NO. The van der Waals surface area contributed by atoms with Crippen LogP contribution in [0.4, 0.5) is 0 Å². The number of benzene rings is 1. The first-order chi connectivity index (χ1) is 8.83. The molecule has 1 aliphatic carbocycles. The van der Waals surface area contributed by atoms with Crippen molar-refractivity contribution in [3.8, 4) is 0 Å². The minimum absolute atomic E-state index is 0.416. The van der Waals surface area contributed by atoms with Crippen molar-refractivity contribution >= 4 is 0 Å². The minimum Gasteiger partial charge on any atom is -0.377 e. The van der Waals surface area contributed by atoms with E-state index in [1.165, 1.54) is 37.7 Å². The van der Waals surface area contributed by atoms with E-state index < -0.39 is 0 Å². The van der Waals surface area contributed by atoms with E-state index in [1.807, 2.05) is 0 Å². The second kappa shape index (κ2) is 5.41. The largest absolute Gasteiger partial charge is 0.377 e. The third-order valence-electron chi connectivity index (χ3n) is 4.31. The summed E-state index contributed by atoms with van der Waals surface area (Å²) < 4.78 is 5.71. The van der Waals surface area contributed by atoms with Crippen molar-refractivity contribution in [3.05, 3.63) is 34.9 Å². The van der Waals surface area contributed by atoms with Crippen LogP contribution in [-0.2, 0) is 24.1 Å². The Morgan fingerprint density at radius 3 is 3.00 bits per heavy atom. The normalized spacial score (nSPS) is 24.2. The predicted octanol–water partition coefficient (Wildman–Crippen LogP) is 2.83. The van der Waals surface area contributed by atoms with Gasteiger partial charge in [-0.05, 0) is 55.7 Å². The van der Waals surface area contributed by atoms with Gasteiger partial charge in [0.05, 0.1) is 6.10 Å². The smallest absolute Gasteiger partial charge is 0.0726 e. The summed E-state index contributed by atoms with van der Waals surface area (Å²) in [5.41, 5.74) is 4.55. The number of hydrogen-bond donors (Lipinski definition) is 1. The van der Waals surface area contributed by atoms with Crippen molar-refractivity contribution in [2.45, 2.75) is 57.7 Å².